The van der Waals surface area contributed by atoms with E-state index in [9.17, 15) is 18.0 Å². The molecule has 1 amide bonds. The molecule has 1 aliphatic rings. The fraction of sp³-hybridized carbons (Fsp3) is 0.200. The Morgan fingerprint density at radius 1 is 0.889 bits per heavy atom. The molecule has 1 aliphatic heterocycles. The van der Waals surface area contributed by atoms with E-state index in [0.29, 0.717) is 59.0 Å². The molecular formula is C25H19Cl2F3N4OS. The summed E-state index contributed by atoms with van der Waals surface area (Å²) in [7, 11) is 0. The van der Waals surface area contributed by atoms with E-state index in [1.807, 2.05) is 22.4 Å². The quantitative estimate of drug-likeness (QED) is 0.278. The van der Waals surface area contributed by atoms with E-state index in [2.05, 4.69) is 5.10 Å². The molecule has 0 aliphatic carbocycles. The molecule has 36 heavy (non-hydrogen) atoms. The molecule has 0 N–H and O–H groups in total. The van der Waals surface area contributed by atoms with Crippen LogP contribution in [0.5, 0.6) is 0 Å². The third kappa shape index (κ3) is 4.96. The smallest absolute Gasteiger partial charge is 0.368 e. The Kier molecular flexibility index (Phi) is 6.72. The second-order valence-electron chi connectivity index (χ2n) is 8.23. The molecule has 1 saturated heterocycles. The number of thiophene rings is 1. The van der Waals surface area contributed by atoms with Crippen molar-refractivity contribution in [1.82, 2.24) is 14.7 Å². The minimum atomic E-state index is -4.41. The molecular weight excluding hydrogens is 532 g/mol. The fourth-order valence-electron chi connectivity index (χ4n) is 4.10. The van der Waals surface area contributed by atoms with Crippen molar-refractivity contribution in [2.45, 2.75) is 6.18 Å². The fourth-order valence-corrected chi connectivity index (χ4v) is 5.07. The largest absolute Gasteiger partial charge is 0.416 e. The first-order valence-electron chi connectivity index (χ1n) is 11.0. The second-order valence-corrected chi connectivity index (χ2v) is 9.99. The SMILES string of the molecule is O=C(c1cc(-c2cccs2)nn1-c1ccc(Cl)c(Cl)c1)N1CCN(c2cccc(C(F)(F)F)c2)CC1. The van der Waals surface area contributed by atoms with Crippen molar-refractivity contribution < 1.29 is 18.0 Å². The minimum absolute atomic E-state index is 0.222. The number of aromatic nitrogens is 2. The molecule has 5 rings (SSSR count). The van der Waals surface area contributed by atoms with Gasteiger partial charge in [0.25, 0.3) is 5.91 Å². The summed E-state index contributed by atoms with van der Waals surface area (Å²) in [6, 6.07) is 15.9. The predicted molar refractivity (Wildman–Crippen MR) is 136 cm³/mol. The topological polar surface area (TPSA) is 41.4 Å². The Hall–Kier alpha value is -3.01. The summed E-state index contributed by atoms with van der Waals surface area (Å²) >= 11 is 13.8. The number of benzene rings is 2. The van der Waals surface area contributed by atoms with Gasteiger partial charge in [-0.05, 0) is 53.9 Å². The molecule has 2 aromatic carbocycles. The lowest BCUT2D eigenvalue weighted by atomic mass is 10.1. The minimum Gasteiger partial charge on any atom is -0.368 e. The summed E-state index contributed by atoms with van der Waals surface area (Å²) in [6.07, 6.45) is -4.41. The first kappa shape index (κ1) is 24.7. The highest BCUT2D eigenvalue weighted by Gasteiger charge is 2.32. The number of rotatable bonds is 4. The highest BCUT2D eigenvalue weighted by atomic mass is 35.5. The number of hydrogen-bond donors (Lipinski definition) is 0. The zero-order valence-corrected chi connectivity index (χ0v) is 21.0. The van der Waals surface area contributed by atoms with Crippen LogP contribution in [0.2, 0.25) is 10.0 Å². The van der Waals surface area contributed by atoms with E-state index < -0.39 is 11.7 Å². The van der Waals surface area contributed by atoms with Crippen molar-refractivity contribution >= 4 is 46.1 Å². The molecule has 186 valence electrons. The van der Waals surface area contributed by atoms with Crippen molar-refractivity contribution in [3.05, 3.63) is 87.3 Å². The maximum absolute atomic E-state index is 13.6. The van der Waals surface area contributed by atoms with Crippen LogP contribution in [0.4, 0.5) is 18.9 Å². The lowest BCUT2D eigenvalue weighted by Crippen LogP contribution is -2.49. The predicted octanol–water partition coefficient (Wildman–Crippen LogP) is 6.89. The standard InChI is InChI=1S/C25H19Cl2F3N4OS/c26-19-7-6-18(14-20(19)27)34-22(15-21(31-34)23-5-2-12-36-23)24(35)33-10-8-32(9-11-33)17-4-1-3-16(13-17)25(28,29)30/h1-7,12-15H,8-11H2. The summed E-state index contributed by atoms with van der Waals surface area (Å²) in [5, 5.41) is 7.33. The molecule has 2 aromatic heterocycles. The van der Waals surface area contributed by atoms with Gasteiger partial charge in [-0.2, -0.15) is 18.3 Å². The summed E-state index contributed by atoms with van der Waals surface area (Å²) < 4.78 is 40.9. The molecule has 0 saturated carbocycles. The molecule has 3 heterocycles. The maximum Gasteiger partial charge on any atom is 0.416 e. The van der Waals surface area contributed by atoms with Crippen LogP contribution in [0, 0.1) is 0 Å². The van der Waals surface area contributed by atoms with E-state index in [0.717, 1.165) is 17.0 Å². The molecule has 0 spiro atoms. The van der Waals surface area contributed by atoms with Gasteiger partial charge < -0.3 is 9.80 Å². The molecule has 0 atom stereocenters. The molecule has 5 nitrogen and oxygen atoms in total. The highest BCUT2D eigenvalue weighted by Crippen LogP contribution is 2.32. The molecule has 4 aromatic rings. The number of carbonyl (C=O) groups excluding carboxylic acids is 1. The number of alkyl halides is 3. The van der Waals surface area contributed by atoms with Gasteiger partial charge >= 0.3 is 6.18 Å². The van der Waals surface area contributed by atoms with E-state index in [4.69, 9.17) is 23.2 Å². The Balaban J connectivity index is 1.40. The molecule has 0 unspecified atom stereocenters. The first-order chi connectivity index (χ1) is 17.2. The molecule has 0 bridgehead atoms. The van der Waals surface area contributed by atoms with E-state index in [-0.39, 0.29) is 5.91 Å². The van der Waals surface area contributed by atoms with E-state index in [1.54, 1.807) is 39.9 Å². The van der Waals surface area contributed by atoms with Gasteiger partial charge in [-0.1, -0.05) is 35.3 Å². The van der Waals surface area contributed by atoms with E-state index in [1.165, 1.54) is 17.4 Å². The lowest BCUT2D eigenvalue weighted by Gasteiger charge is -2.36. The van der Waals surface area contributed by atoms with Crippen LogP contribution in [0.3, 0.4) is 0 Å². The van der Waals surface area contributed by atoms with Gasteiger partial charge in [0.1, 0.15) is 11.4 Å². The number of halogens is 5. The van der Waals surface area contributed by atoms with Gasteiger partial charge in [-0.15, -0.1) is 11.3 Å². The van der Waals surface area contributed by atoms with Gasteiger partial charge in [-0.25, -0.2) is 4.68 Å². The number of anilines is 1. The molecule has 11 heteroatoms. The van der Waals surface area contributed by atoms with E-state index >= 15 is 0 Å². The number of hydrogen-bond acceptors (Lipinski definition) is 4. The van der Waals surface area contributed by atoms with Crippen LogP contribution >= 0.6 is 34.5 Å². The van der Waals surface area contributed by atoms with Crippen LogP contribution in [0.1, 0.15) is 16.1 Å². The van der Waals surface area contributed by atoms with Crippen LogP contribution in [-0.4, -0.2) is 46.8 Å². The monoisotopic (exact) mass is 550 g/mol. The number of piperazine rings is 1. The Morgan fingerprint density at radius 2 is 1.67 bits per heavy atom. The van der Waals surface area contributed by atoms with Gasteiger partial charge in [0.15, 0.2) is 0 Å². The van der Waals surface area contributed by atoms with Crippen molar-refractivity contribution in [3.8, 4) is 16.3 Å². The van der Waals surface area contributed by atoms with Crippen molar-refractivity contribution in [2.24, 2.45) is 0 Å². The van der Waals surface area contributed by atoms with Crippen LogP contribution in [0.15, 0.2) is 66.0 Å². The molecule has 0 radical (unpaired) electrons. The summed E-state index contributed by atoms with van der Waals surface area (Å²) in [6.45, 7) is 1.53. The third-order valence-electron chi connectivity index (χ3n) is 5.96. The number of carbonyl (C=O) groups is 1. The Labute approximate surface area is 219 Å². The Morgan fingerprint density at radius 3 is 2.33 bits per heavy atom. The van der Waals surface area contributed by atoms with Crippen molar-refractivity contribution in [1.29, 1.82) is 0 Å². The highest BCUT2D eigenvalue weighted by molar-refractivity contribution is 7.13. The normalized spacial score (nSPS) is 14.4. The third-order valence-corrected chi connectivity index (χ3v) is 7.59. The first-order valence-corrected chi connectivity index (χ1v) is 12.6. The van der Waals surface area contributed by atoms with Crippen LogP contribution < -0.4 is 4.90 Å². The van der Waals surface area contributed by atoms with Gasteiger partial charge in [0.2, 0.25) is 0 Å². The lowest BCUT2D eigenvalue weighted by molar-refractivity contribution is -0.137. The van der Waals surface area contributed by atoms with Crippen molar-refractivity contribution in [3.63, 3.8) is 0 Å². The zero-order chi connectivity index (χ0) is 25.4. The van der Waals surface area contributed by atoms with Gasteiger partial charge in [0.05, 0.1) is 26.2 Å². The van der Waals surface area contributed by atoms with Crippen LogP contribution in [-0.2, 0) is 6.18 Å². The Bertz CT molecular complexity index is 1400. The summed E-state index contributed by atoms with van der Waals surface area (Å²) in [5.74, 6) is -0.222. The number of nitrogens with zero attached hydrogens (tertiary/aromatic N) is 4. The second kappa shape index (κ2) is 9.80. The number of amides is 1. The van der Waals surface area contributed by atoms with Gasteiger partial charge in [0, 0.05) is 31.9 Å². The summed E-state index contributed by atoms with van der Waals surface area (Å²) in [5.41, 5.74) is 1.41. The van der Waals surface area contributed by atoms with Crippen LogP contribution in [0.25, 0.3) is 16.3 Å². The average molecular weight is 551 g/mol. The average Bonchev–Trinajstić information content (AvgIpc) is 3.55. The van der Waals surface area contributed by atoms with Gasteiger partial charge in [-0.3, -0.25) is 4.79 Å². The maximum atomic E-state index is 13.6. The van der Waals surface area contributed by atoms with Crippen molar-refractivity contribution in [2.75, 3.05) is 31.1 Å². The molecule has 1 fully saturated rings. The zero-order valence-electron chi connectivity index (χ0n) is 18.7. The summed E-state index contributed by atoms with van der Waals surface area (Å²) in [4.78, 5) is 18.1.